The zero-order valence-corrected chi connectivity index (χ0v) is 15.9. The van der Waals surface area contributed by atoms with Crippen molar-refractivity contribution >= 4 is 38.4 Å². The normalized spacial score (nSPS) is 27.5. The van der Waals surface area contributed by atoms with Gasteiger partial charge in [-0.15, -0.1) is 0 Å². The average molecular weight is 367 g/mol. The van der Waals surface area contributed by atoms with E-state index in [1.54, 1.807) is 0 Å². The third-order valence-electron chi connectivity index (χ3n) is 4.19. The summed E-state index contributed by atoms with van der Waals surface area (Å²) < 4.78 is 24.1. The van der Waals surface area contributed by atoms with Crippen LogP contribution in [-0.4, -0.2) is 42.3 Å². The summed E-state index contributed by atoms with van der Waals surface area (Å²) in [6, 6.07) is 7.72. The van der Waals surface area contributed by atoms with Crippen molar-refractivity contribution in [3.63, 3.8) is 0 Å². The lowest BCUT2D eigenvalue weighted by atomic mass is 9.96. The Labute approximate surface area is 147 Å². The number of carbonyl (C=O) groups is 1. The predicted octanol–water partition coefficient (Wildman–Crippen LogP) is 2.64. The third kappa shape index (κ3) is 3.37. The van der Waals surface area contributed by atoms with Crippen molar-refractivity contribution in [2.45, 2.75) is 39.0 Å². The molecule has 2 heterocycles. The highest BCUT2D eigenvalue weighted by Crippen LogP contribution is 2.41. The molecule has 2 fully saturated rings. The Hall–Kier alpha value is -1.34. The minimum atomic E-state index is -3.04. The molecule has 2 aliphatic rings. The van der Waals surface area contributed by atoms with E-state index in [0.717, 1.165) is 11.3 Å². The number of anilines is 1. The number of carbonyl (C=O) groups excluding carboxylic acids is 1. The lowest BCUT2D eigenvalue weighted by Crippen LogP contribution is -2.38. The van der Waals surface area contributed by atoms with Crippen LogP contribution in [0.5, 0.6) is 0 Å². The van der Waals surface area contributed by atoms with Gasteiger partial charge in [0, 0.05) is 16.4 Å². The number of amidine groups is 1. The van der Waals surface area contributed by atoms with Crippen molar-refractivity contribution in [1.82, 2.24) is 0 Å². The highest BCUT2D eigenvalue weighted by molar-refractivity contribution is 8.16. The molecule has 3 rings (SSSR count). The monoisotopic (exact) mass is 366 g/mol. The number of sulfone groups is 1. The van der Waals surface area contributed by atoms with Crippen LogP contribution in [0.3, 0.4) is 0 Å². The molecule has 0 unspecified atom stereocenters. The molecule has 2 atom stereocenters. The third-order valence-corrected chi connectivity index (χ3v) is 7.39. The summed E-state index contributed by atoms with van der Waals surface area (Å²) in [6.45, 7) is 7.50. The number of amides is 1. The zero-order valence-electron chi connectivity index (χ0n) is 14.3. The maximum Gasteiger partial charge on any atom is 0.253 e. The van der Waals surface area contributed by atoms with Gasteiger partial charge >= 0.3 is 0 Å². The van der Waals surface area contributed by atoms with Gasteiger partial charge in [0.1, 0.15) is 0 Å². The van der Waals surface area contributed by atoms with E-state index < -0.39 is 15.3 Å². The summed E-state index contributed by atoms with van der Waals surface area (Å²) in [4.78, 5) is 18.6. The van der Waals surface area contributed by atoms with Gasteiger partial charge in [-0.05, 0) is 24.6 Å². The summed E-state index contributed by atoms with van der Waals surface area (Å²) >= 11 is 1.41. The summed E-state index contributed by atoms with van der Waals surface area (Å²) in [5.74, 6) is 0.0693. The van der Waals surface area contributed by atoms with Crippen LogP contribution >= 0.6 is 11.8 Å². The molecule has 1 amide bonds. The second-order valence-electron chi connectivity index (χ2n) is 7.46. The molecule has 0 N–H and O–H groups in total. The van der Waals surface area contributed by atoms with Crippen LogP contribution in [0.4, 0.5) is 5.69 Å². The van der Waals surface area contributed by atoms with Crippen LogP contribution in [0.1, 0.15) is 26.3 Å². The van der Waals surface area contributed by atoms with E-state index in [-0.39, 0.29) is 28.7 Å². The number of benzene rings is 1. The first kappa shape index (κ1) is 17.5. The molecule has 0 bridgehead atoms. The molecule has 0 spiro atoms. The lowest BCUT2D eigenvalue weighted by molar-refractivity contribution is -0.124. The molecule has 1 aromatic rings. The molecule has 0 saturated carbocycles. The minimum Gasteiger partial charge on any atom is -0.316 e. The van der Waals surface area contributed by atoms with Gasteiger partial charge in [0.15, 0.2) is 15.0 Å². The van der Waals surface area contributed by atoms with E-state index in [4.69, 9.17) is 0 Å². The summed E-state index contributed by atoms with van der Waals surface area (Å²) in [7, 11) is -3.04. The molecule has 2 aliphatic heterocycles. The first-order chi connectivity index (χ1) is 11.1. The topological polar surface area (TPSA) is 66.8 Å². The number of aliphatic imine (C=N–C) groups is 1. The summed E-state index contributed by atoms with van der Waals surface area (Å²) in [6.07, 6.45) is 0. The van der Waals surface area contributed by atoms with Gasteiger partial charge < -0.3 is 4.90 Å². The van der Waals surface area contributed by atoms with Gasteiger partial charge in [0.05, 0.1) is 17.5 Å². The molecule has 7 heteroatoms. The van der Waals surface area contributed by atoms with Crippen LogP contribution in [0.2, 0.25) is 0 Å². The fourth-order valence-corrected chi connectivity index (χ4v) is 6.81. The van der Waals surface area contributed by atoms with Crippen molar-refractivity contribution in [2.75, 3.05) is 16.4 Å². The van der Waals surface area contributed by atoms with Crippen molar-refractivity contribution in [1.29, 1.82) is 0 Å². The van der Waals surface area contributed by atoms with E-state index in [2.05, 4.69) is 4.99 Å². The summed E-state index contributed by atoms with van der Waals surface area (Å²) in [5, 5.41) is 0.549. The zero-order chi connectivity index (χ0) is 17.7. The Balaban J connectivity index is 2.03. The molecular weight excluding hydrogens is 344 g/mol. The van der Waals surface area contributed by atoms with Gasteiger partial charge in [-0.2, -0.15) is 4.99 Å². The van der Waals surface area contributed by atoms with E-state index in [0.29, 0.717) is 5.17 Å². The molecule has 0 aliphatic carbocycles. The van der Waals surface area contributed by atoms with Crippen LogP contribution in [0.25, 0.3) is 0 Å². The number of fused-ring (bicyclic) bond motifs is 1. The van der Waals surface area contributed by atoms with Gasteiger partial charge in [-0.25, -0.2) is 8.42 Å². The second-order valence-corrected chi connectivity index (χ2v) is 10.8. The van der Waals surface area contributed by atoms with Crippen LogP contribution in [-0.2, 0) is 14.6 Å². The molecule has 1 aromatic carbocycles. The molecule has 0 radical (unpaired) electrons. The fraction of sp³-hybridized carbons (Fsp3) is 0.529. The maximum atomic E-state index is 12.4. The molecule has 24 heavy (non-hydrogen) atoms. The molecular formula is C17H22N2O3S2. The second kappa shape index (κ2) is 5.88. The molecule has 0 aromatic heterocycles. The predicted molar refractivity (Wildman–Crippen MR) is 99.4 cm³/mol. The fourth-order valence-electron chi connectivity index (χ4n) is 2.90. The highest BCUT2D eigenvalue weighted by atomic mass is 32.2. The number of aryl methyl sites for hydroxylation is 1. The number of hydrogen-bond donors (Lipinski definition) is 0. The number of thioether (sulfide) groups is 1. The van der Waals surface area contributed by atoms with E-state index in [9.17, 15) is 13.2 Å². The molecule has 130 valence electrons. The van der Waals surface area contributed by atoms with E-state index in [1.165, 1.54) is 11.8 Å². The molecule has 2 saturated heterocycles. The first-order valence-corrected chi connectivity index (χ1v) is 10.6. The average Bonchev–Trinajstić information content (AvgIpc) is 2.88. The molecule has 5 nitrogen and oxygen atoms in total. The SMILES string of the molecule is Cc1cccc(N2C(=NC(=O)C(C)(C)C)S[C@H]3CS(=O)(=O)C[C@H]32)c1. The Morgan fingerprint density at radius 3 is 2.62 bits per heavy atom. The largest absolute Gasteiger partial charge is 0.316 e. The van der Waals surface area contributed by atoms with Crippen molar-refractivity contribution in [3.05, 3.63) is 29.8 Å². The lowest BCUT2D eigenvalue weighted by Gasteiger charge is -2.25. The number of nitrogens with zero attached hydrogens (tertiary/aromatic N) is 2. The van der Waals surface area contributed by atoms with Crippen LogP contribution < -0.4 is 4.90 Å². The standard InChI is InChI=1S/C17H22N2O3S2/c1-11-6-5-7-12(8-11)19-13-9-24(21,22)10-14(13)23-16(19)18-15(20)17(2,3)4/h5-8,13-14H,9-10H2,1-4H3/t13-,14+/m1/s1. The van der Waals surface area contributed by atoms with Crippen molar-refractivity contribution < 1.29 is 13.2 Å². The minimum absolute atomic E-state index is 0.0676. The van der Waals surface area contributed by atoms with Crippen molar-refractivity contribution in [2.24, 2.45) is 10.4 Å². The van der Waals surface area contributed by atoms with Gasteiger partial charge in [0.2, 0.25) is 0 Å². The van der Waals surface area contributed by atoms with Gasteiger partial charge in [-0.3, -0.25) is 4.79 Å². The van der Waals surface area contributed by atoms with E-state index >= 15 is 0 Å². The Kier molecular flexibility index (Phi) is 4.28. The Morgan fingerprint density at radius 1 is 1.29 bits per heavy atom. The van der Waals surface area contributed by atoms with Gasteiger partial charge in [-0.1, -0.05) is 44.7 Å². The van der Waals surface area contributed by atoms with Crippen LogP contribution in [0.15, 0.2) is 29.3 Å². The Morgan fingerprint density at radius 2 is 2.00 bits per heavy atom. The maximum absolute atomic E-state index is 12.4. The van der Waals surface area contributed by atoms with Crippen LogP contribution in [0, 0.1) is 12.3 Å². The Bertz CT molecular complexity index is 809. The quantitative estimate of drug-likeness (QED) is 0.764. The number of hydrogen-bond acceptors (Lipinski definition) is 4. The first-order valence-electron chi connectivity index (χ1n) is 7.93. The number of rotatable bonds is 1. The van der Waals surface area contributed by atoms with E-state index in [1.807, 2.05) is 56.9 Å². The van der Waals surface area contributed by atoms with Crippen molar-refractivity contribution in [3.8, 4) is 0 Å². The van der Waals surface area contributed by atoms with Gasteiger partial charge in [0.25, 0.3) is 5.91 Å². The smallest absolute Gasteiger partial charge is 0.253 e. The highest BCUT2D eigenvalue weighted by Gasteiger charge is 2.49. The summed E-state index contributed by atoms with van der Waals surface area (Å²) in [5.41, 5.74) is 1.42.